The van der Waals surface area contributed by atoms with E-state index in [0.717, 1.165) is 49.2 Å². The van der Waals surface area contributed by atoms with Crippen LogP contribution in [-0.2, 0) is 14.3 Å². The van der Waals surface area contributed by atoms with E-state index in [4.69, 9.17) is 4.74 Å². The van der Waals surface area contributed by atoms with Gasteiger partial charge in [-0.3, -0.25) is 14.4 Å². The van der Waals surface area contributed by atoms with E-state index < -0.39 is 0 Å². The Hall–Kier alpha value is -3.39. The summed E-state index contributed by atoms with van der Waals surface area (Å²) < 4.78 is 5.51. The van der Waals surface area contributed by atoms with Gasteiger partial charge in [-0.2, -0.15) is 0 Å². The predicted molar refractivity (Wildman–Crippen MR) is 127 cm³/mol. The van der Waals surface area contributed by atoms with Crippen molar-refractivity contribution < 1.29 is 19.1 Å². The molecule has 1 heterocycles. The van der Waals surface area contributed by atoms with Crippen molar-refractivity contribution in [1.82, 2.24) is 5.32 Å². The van der Waals surface area contributed by atoms with Crippen molar-refractivity contribution >= 4 is 34.8 Å². The van der Waals surface area contributed by atoms with Crippen molar-refractivity contribution in [2.24, 2.45) is 5.92 Å². The zero-order chi connectivity index (χ0) is 23.2. The minimum atomic E-state index is -0.211. The van der Waals surface area contributed by atoms with Crippen molar-refractivity contribution in [3.63, 3.8) is 0 Å². The number of carbonyl (C=O) groups is 3. The summed E-state index contributed by atoms with van der Waals surface area (Å²) in [7, 11) is 0. The number of nitrogens with one attached hydrogen (secondary N) is 4. The quantitative estimate of drug-likeness (QED) is 0.469. The van der Waals surface area contributed by atoms with Crippen LogP contribution in [0.25, 0.3) is 0 Å². The molecule has 1 aliphatic carbocycles. The summed E-state index contributed by atoms with van der Waals surface area (Å²) in [5.74, 6) is -0.186. The van der Waals surface area contributed by atoms with Gasteiger partial charge >= 0.3 is 0 Å². The van der Waals surface area contributed by atoms with Crippen LogP contribution in [0.1, 0.15) is 41.6 Å². The van der Waals surface area contributed by atoms with Gasteiger partial charge < -0.3 is 26.0 Å². The Bertz CT molecular complexity index is 1010. The number of hydrogen-bond acceptors (Lipinski definition) is 5. The number of carbonyl (C=O) groups excluding carboxylic acids is 3. The highest BCUT2D eigenvalue weighted by molar-refractivity contribution is 5.97. The van der Waals surface area contributed by atoms with Crippen LogP contribution in [-0.4, -0.2) is 43.5 Å². The van der Waals surface area contributed by atoms with E-state index in [-0.39, 0.29) is 36.3 Å². The third-order valence-electron chi connectivity index (χ3n) is 5.92. The number of ether oxygens (including phenoxy) is 1. The number of rotatable bonds is 9. The Morgan fingerprint density at radius 2 is 1.73 bits per heavy atom. The molecule has 1 unspecified atom stereocenters. The molecule has 8 nitrogen and oxygen atoms in total. The standard InChI is InChI=1S/C25H30N4O4/c1-16-21(5-2-6-22(16)29-25(32)18-7-8-18)26-15-23(30)28-19-11-9-17(10-12-19)24(31)27-14-20-4-3-13-33-20/h2,5-6,9-12,18,20,26H,3-4,7-8,13-15H2,1H3,(H,27,31)(H,28,30)(H,29,32). The van der Waals surface area contributed by atoms with Crippen LogP contribution < -0.4 is 21.3 Å². The van der Waals surface area contributed by atoms with Crippen LogP contribution >= 0.6 is 0 Å². The Morgan fingerprint density at radius 3 is 2.42 bits per heavy atom. The van der Waals surface area contributed by atoms with Gasteiger partial charge in [-0.15, -0.1) is 0 Å². The van der Waals surface area contributed by atoms with Crippen LogP contribution in [0.2, 0.25) is 0 Å². The molecule has 0 radical (unpaired) electrons. The zero-order valence-corrected chi connectivity index (χ0v) is 18.8. The first-order chi connectivity index (χ1) is 16.0. The molecule has 2 aliphatic rings. The fourth-order valence-corrected chi connectivity index (χ4v) is 3.74. The molecule has 174 valence electrons. The topological polar surface area (TPSA) is 109 Å². The van der Waals surface area contributed by atoms with E-state index in [1.807, 2.05) is 25.1 Å². The SMILES string of the molecule is Cc1c(NCC(=O)Nc2ccc(C(=O)NCC3CCCO3)cc2)cccc1NC(=O)C1CC1. The van der Waals surface area contributed by atoms with Gasteiger partial charge in [0.2, 0.25) is 11.8 Å². The van der Waals surface area contributed by atoms with Crippen LogP contribution in [0.3, 0.4) is 0 Å². The number of hydrogen-bond donors (Lipinski definition) is 4. The normalized spacial score (nSPS) is 17.3. The molecule has 1 saturated carbocycles. The average Bonchev–Trinajstić information content (AvgIpc) is 3.54. The Morgan fingerprint density at radius 1 is 0.970 bits per heavy atom. The highest BCUT2D eigenvalue weighted by Crippen LogP contribution is 2.31. The smallest absolute Gasteiger partial charge is 0.251 e. The molecule has 0 aromatic heterocycles. The van der Waals surface area contributed by atoms with Crippen molar-refractivity contribution in [3.05, 3.63) is 53.6 Å². The first-order valence-corrected chi connectivity index (χ1v) is 11.4. The molecular formula is C25H30N4O4. The Kier molecular flexibility index (Phi) is 7.24. The molecule has 1 saturated heterocycles. The van der Waals surface area contributed by atoms with Gasteiger partial charge in [0, 0.05) is 41.7 Å². The summed E-state index contributed by atoms with van der Waals surface area (Å²) in [6, 6.07) is 12.4. The van der Waals surface area contributed by atoms with E-state index in [0.29, 0.717) is 17.8 Å². The van der Waals surface area contributed by atoms with Crippen molar-refractivity contribution in [2.75, 3.05) is 35.6 Å². The van der Waals surface area contributed by atoms with Gasteiger partial charge in [-0.05, 0) is 74.6 Å². The summed E-state index contributed by atoms with van der Waals surface area (Å²) in [4.78, 5) is 36.7. The third-order valence-corrected chi connectivity index (χ3v) is 5.92. The number of amides is 3. The van der Waals surface area contributed by atoms with E-state index in [1.165, 1.54) is 0 Å². The second-order valence-electron chi connectivity index (χ2n) is 8.57. The molecule has 8 heteroatoms. The largest absolute Gasteiger partial charge is 0.376 e. The highest BCUT2D eigenvalue weighted by atomic mass is 16.5. The fourth-order valence-electron chi connectivity index (χ4n) is 3.74. The van der Waals surface area contributed by atoms with E-state index >= 15 is 0 Å². The Labute approximate surface area is 193 Å². The maximum absolute atomic E-state index is 12.4. The van der Waals surface area contributed by atoms with Crippen LogP contribution in [0.5, 0.6) is 0 Å². The molecule has 1 atom stereocenters. The summed E-state index contributed by atoms with van der Waals surface area (Å²) >= 11 is 0. The Balaban J connectivity index is 1.25. The second-order valence-corrected chi connectivity index (χ2v) is 8.57. The maximum Gasteiger partial charge on any atom is 0.251 e. The van der Waals surface area contributed by atoms with Gasteiger partial charge in [-0.25, -0.2) is 0 Å². The van der Waals surface area contributed by atoms with Crippen LogP contribution in [0.4, 0.5) is 17.1 Å². The van der Waals surface area contributed by atoms with Crippen LogP contribution in [0.15, 0.2) is 42.5 Å². The minimum absolute atomic E-state index is 0.0528. The van der Waals surface area contributed by atoms with Crippen molar-refractivity contribution in [1.29, 1.82) is 0 Å². The summed E-state index contributed by atoms with van der Waals surface area (Å²) in [6.45, 7) is 3.25. The minimum Gasteiger partial charge on any atom is -0.376 e. The van der Waals surface area contributed by atoms with E-state index in [1.54, 1.807) is 24.3 Å². The maximum atomic E-state index is 12.4. The summed E-state index contributed by atoms with van der Waals surface area (Å²) in [5, 5.41) is 11.8. The average molecular weight is 451 g/mol. The molecule has 4 N–H and O–H groups in total. The van der Waals surface area contributed by atoms with Gasteiger partial charge in [0.25, 0.3) is 5.91 Å². The van der Waals surface area contributed by atoms with Gasteiger partial charge in [0.05, 0.1) is 12.6 Å². The van der Waals surface area contributed by atoms with Crippen molar-refractivity contribution in [3.8, 4) is 0 Å². The molecule has 2 fully saturated rings. The molecule has 4 rings (SSSR count). The van der Waals surface area contributed by atoms with Crippen molar-refractivity contribution in [2.45, 2.75) is 38.7 Å². The summed E-state index contributed by atoms with van der Waals surface area (Å²) in [5.41, 5.74) is 3.57. The second kappa shape index (κ2) is 10.5. The lowest BCUT2D eigenvalue weighted by Crippen LogP contribution is -2.31. The van der Waals surface area contributed by atoms with Gasteiger partial charge in [-0.1, -0.05) is 6.07 Å². The molecule has 1 aliphatic heterocycles. The predicted octanol–water partition coefficient (Wildman–Crippen LogP) is 3.30. The highest BCUT2D eigenvalue weighted by Gasteiger charge is 2.29. The molecule has 33 heavy (non-hydrogen) atoms. The first-order valence-electron chi connectivity index (χ1n) is 11.4. The molecule has 0 bridgehead atoms. The molecular weight excluding hydrogens is 420 g/mol. The van der Waals surface area contributed by atoms with E-state index in [9.17, 15) is 14.4 Å². The lowest BCUT2D eigenvalue weighted by atomic mass is 10.1. The summed E-state index contributed by atoms with van der Waals surface area (Å²) in [6.07, 6.45) is 4.00. The molecule has 3 amide bonds. The third kappa shape index (κ3) is 6.32. The van der Waals surface area contributed by atoms with Crippen LogP contribution in [0, 0.1) is 12.8 Å². The zero-order valence-electron chi connectivity index (χ0n) is 18.8. The number of anilines is 3. The van der Waals surface area contributed by atoms with Gasteiger partial charge in [0.15, 0.2) is 0 Å². The van der Waals surface area contributed by atoms with Gasteiger partial charge in [0.1, 0.15) is 0 Å². The monoisotopic (exact) mass is 450 g/mol. The lowest BCUT2D eigenvalue weighted by molar-refractivity contribution is -0.117. The molecule has 2 aromatic carbocycles. The fraction of sp³-hybridized carbons (Fsp3) is 0.400. The lowest BCUT2D eigenvalue weighted by Gasteiger charge is -2.14. The number of benzene rings is 2. The van der Waals surface area contributed by atoms with E-state index in [2.05, 4.69) is 21.3 Å². The molecule has 0 spiro atoms. The first kappa shape index (κ1) is 22.8. The molecule has 2 aromatic rings.